The minimum atomic E-state index is 0.841. The quantitative estimate of drug-likeness (QED) is 0.149. The van der Waals surface area contributed by atoms with E-state index in [-0.39, 0.29) is 0 Å². The fourth-order valence-electron chi connectivity index (χ4n) is 8.57. The number of thiophene rings is 4. The summed E-state index contributed by atoms with van der Waals surface area (Å²) < 4.78 is 0. The molecule has 0 atom stereocenters. The highest BCUT2D eigenvalue weighted by Crippen LogP contribution is 2.45. The zero-order valence-corrected chi connectivity index (χ0v) is 35.3. The van der Waals surface area contributed by atoms with Gasteiger partial charge in [-0.2, -0.15) is 0 Å². The standard InChI is InChI=1S/C54H32N2S4/c1-5-15-39-33(11-1)27-34-12-2-6-16-40(34)53(39)37-29-43(55-45(31-37)47-21-23-51(59-47)49-19-9-25-57-49)44-30-38(32-46(56-44)48-22-24-52(60-48)50-20-10-26-58-50)54-41-17-7-3-13-35(41)28-36-14-4-8-18-42(36)54/h1-32H. The summed E-state index contributed by atoms with van der Waals surface area (Å²) in [7, 11) is 0. The first kappa shape index (κ1) is 35.4. The van der Waals surface area contributed by atoms with Crippen molar-refractivity contribution in [1.29, 1.82) is 0 Å². The summed E-state index contributed by atoms with van der Waals surface area (Å²) in [6.07, 6.45) is 0. The lowest BCUT2D eigenvalue weighted by Crippen LogP contribution is -1.96. The topological polar surface area (TPSA) is 25.8 Å². The van der Waals surface area contributed by atoms with Crippen molar-refractivity contribution in [3.63, 3.8) is 0 Å². The molecule has 60 heavy (non-hydrogen) atoms. The lowest BCUT2D eigenvalue weighted by atomic mass is 9.90. The molecular weight excluding hydrogens is 805 g/mol. The van der Waals surface area contributed by atoms with E-state index in [0.717, 1.165) is 43.7 Å². The van der Waals surface area contributed by atoms with Gasteiger partial charge in [0, 0.05) is 19.5 Å². The van der Waals surface area contributed by atoms with Crippen LogP contribution in [0.5, 0.6) is 0 Å². The minimum Gasteiger partial charge on any atom is -0.245 e. The van der Waals surface area contributed by atoms with Crippen molar-refractivity contribution < 1.29 is 0 Å². The first-order valence-corrected chi connectivity index (χ1v) is 23.2. The molecule has 282 valence electrons. The molecule has 2 nitrogen and oxygen atoms in total. The molecule has 12 aromatic rings. The van der Waals surface area contributed by atoms with Gasteiger partial charge in [-0.25, -0.2) is 9.97 Å². The van der Waals surface area contributed by atoms with Gasteiger partial charge in [0.1, 0.15) is 0 Å². The van der Waals surface area contributed by atoms with Crippen molar-refractivity contribution in [3.8, 4) is 74.3 Å². The second-order valence-electron chi connectivity index (χ2n) is 14.9. The van der Waals surface area contributed by atoms with Crippen molar-refractivity contribution in [2.75, 3.05) is 0 Å². The van der Waals surface area contributed by atoms with E-state index in [2.05, 4.69) is 193 Å². The van der Waals surface area contributed by atoms with E-state index in [1.807, 2.05) is 0 Å². The van der Waals surface area contributed by atoms with Crippen molar-refractivity contribution >= 4 is 88.4 Å². The Kier molecular flexibility index (Phi) is 8.63. The average molecular weight is 837 g/mol. The second kappa shape index (κ2) is 14.6. The van der Waals surface area contributed by atoms with E-state index in [1.54, 1.807) is 45.3 Å². The van der Waals surface area contributed by atoms with Gasteiger partial charge < -0.3 is 0 Å². The van der Waals surface area contributed by atoms with Gasteiger partial charge >= 0.3 is 0 Å². The molecule has 6 heteroatoms. The maximum Gasteiger partial charge on any atom is 0.0900 e. The Morgan fingerprint density at radius 1 is 0.283 bits per heavy atom. The molecule has 0 fully saturated rings. The summed E-state index contributed by atoms with van der Waals surface area (Å²) in [5, 5.41) is 14.0. The number of hydrogen-bond donors (Lipinski definition) is 0. The van der Waals surface area contributed by atoms with Crippen LogP contribution < -0.4 is 0 Å². The Bertz CT molecular complexity index is 3210. The lowest BCUT2D eigenvalue weighted by molar-refractivity contribution is 1.26. The molecular formula is C54H32N2S4. The van der Waals surface area contributed by atoms with E-state index < -0.39 is 0 Å². The third kappa shape index (κ3) is 6.19. The number of pyridine rings is 2. The first-order chi connectivity index (χ1) is 29.7. The summed E-state index contributed by atoms with van der Waals surface area (Å²) in [5.74, 6) is 0. The van der Waals surface area contributed by atoms with Crippen LogP contribution in [0, 0.1) is 0 Å². The SMILES string of the molecule is c1csc(-c2ccc(-c3cc(-c4c5ccccc5cc5ccccc45)cc(-c4cc(-c5c6ccccc6cc6ccccc56)cc(-c5ccc(-c6cccs6)s5)n4)n3)s2)c1. The lowest BCUT2D eigenvalue weighted by Gasteiger charge is -2.16. The molecule has 0 aliphatic carbocycles. The van der Waals surface area contributed by atoms with Crippen LogP contribution in [0.2, 0.25) is 0 Å². The van der Waals surface area contributed by atoms with E-state index in [4.69, 9.17) is 9.97 Å². The van der Waals surface area contributed by atoms with Crippen LogP contribution in [0.25, 0.3) is 117 Å². The minimum absolute atomic E-state index is 0.841. The van der Waals surface area contributed by atoms with Gasteiger partial charge in [-0.3, -0.25) is 0 Å². The van der Waals surface area contributed by atoms with Crippen molar-refractivity contribution in [1.82, 2.24) is 9.97 Å². The number of benzene rings is 6. The van der Waals surface area contributed by atoms with Crippen molar-refractivity contribution in [2.45, 2.75) is 0 Å². The van der Waals surface area contributed by atoms with Crippen molar-refractivity contribution in [2.24, 2.45) is 0 Å². The van der Waals surface area contributed by atoms with Gasteiger partial charge in [-0.1, -0.05) is 109 Å². The van der Waals surface area contributed by atoms with Crippen LogP contribution in [0.3, 0.4) is 0 Å². The summed E-state index contributed by atoms with van der Waals surface area (Å²) in [6, 6.07) is 66.3. The highest BCUT2D eigenvalue weighted by molar-refractivity contribution is 7.23. The molecule has 0 radical (unpaired) electrons. The van der Waals surface area contributed by atoms with Gasteiger partial charge in [0.2, 0.25) is 0 Å². The molecule has 0 aliphatic rings. The second-order valence-corrected chi connectivity index (χ2v) is 19.0. The molecule has 0 bridgehead atoms. The van der Waals surface area contributed by atoms with Crippen LogP contribution in [-0.4, -0.2) is 9.97 Å². The van der Waals surface area contributed by atoms with Gasteiger partial charge in [0.05, 0.1) is 32.5 Å². The van der Waals surface area contributed by atoms with Gasteiger partial charge in [0.25, 0.3) is 0 Å². The Hall–Kier alpha value is -6.54. The molecule has 12 rings (SSSR count). The molecule has 0 unspecified atom stereocenters. The third-order valence-corrected chi connectivity index (χ3v) is 15.6. The van der Waals surface area contributed by atoms with E-state index in [9.17, 15) is 0 Å². The van der Waals surface area contributed by atoms with Gasteiger partial charge in [0.15, 0.2) is 0 Å². The molecule has 6 aromatic heterocycles. The summed E-state index contributed by atoms with van der Waals surface area (Å²) in [4.78, 5) is 18.4. The Labute approximate surface area is 363 Å². The van der Waals surface area contributed by atoms with E-state index in [0.29, 0.717) is 0 Å². The Morgan fingerprint density at radius 2 is 0.633 bits per heavy atom. The Balaban J connectivity index is 1.15. The molecule has 6 heterocycles. The predicted octanol–water partition coefficient (Wildman–Crippen LogP) is 17.0. The fourth-order valence-corrected chi connectivity index (χ4v) is 12.2. The smallest absolute Gasteiger partial charge is 0.0900 e. The van der Waals surface area contributed by atoms with Gasteiger partial charge in [-0.15, -0.1) is 45.3 Å². The van der Waals surface area contributed by atoms with Crippen LogP contribution in [0.4, 0.5) is 0 Å². The van der Waals surface area contributed by atoms with E-state index >= 15 is 0 Å². The number of fused-ring (bicyclic) bond motifs is 4. The molecule has 0 amide bonds. The zero-order valence-electron chi connectivity index (χ0n) is 32.0. The monoisotopic (exact) mass is 836 g/mol. The number of nitrogens with zero attached hydrogens (tertiary/aromatic N) is 2. The molecule has 0 aliphatic heterocycles. The summed E-state index contributed by atoms with van der Waals surface area (Å²) >= 11 is 7.13. The van der Waals surface area contributed by atoms with Crippen molar-refractivity contribution in [3.05, 3.63) is 193 Å². The maximum absolute atomic E-state index is 5.55. The summed E-state index contributed by atoms with van der Waals surface area (Å²) in [6.45, 7) is 0. The molecule has 0 saturated carbocycles. The fraction of sp³-hybridized carbons (Fsp3) is 0. The number of aromatic nitrogens is 2. The van der Waals surface area contributed by atoms with E-state index in [1.165, 1.54) is 73.7 Å². The maximum atomic E-state index is 5.55. The van der Waals surface area contributed by atoms with Gasteiger partial charge in [-0.05, 0) is 149 Å². The van der Waals surface area contributed by atoms with Crippen LogP contribution in [0.1, 0.15) is 0 Å². The molecule has 0 spiro atoms. The highest BCUT2D eigenvalue weighted by Gasteiger charge is 2.20. The Morgan fingerprint density at radius 3 is 1.00 bits per heavy atom. The first-order valence-electron chi connectivity index (χ1n) is 19.8. The zero-order chi connectivity index (χ0) is 39.6. The van der Waals surface area contributed by atoms with Crippen LogP contribution in [0.15, 0.2) is 193 Å². The largest absolute Gasteiger partial charge is 0.245 e. The third-order valence-electron chi connectivity index (χ3n) is 11.3. The van der Waals surface area contributed by atoms with Crippen LogP contribution >= 0.6 is 45.3 Å². The normalized spacial score (nSPS) is 11.7. The summed E-state index contributed by atoms with van der Waals surface area (Å²) in [5.41, 5.74) is 8.21. The van der Waals surface area contributed by atoms with Crippen LogP contribution in [-0.2, 0) is 0 Å². The predicted molar refractivity (Wildman–Crippen MR) is 262 cm³/mol. The molecule has 6 aromatic carbocycles. The highest BCUT2D eigenvalue weighted by atomic mass is 32.1. The number of rotatable bonds is 7. The average Bonchev–Trinajstić information content (AvgIpc) is 4.15. The molecule has 0 saturated heterocycles. The number of hydrogen-bond acceptors (Lipinski definition) is 6. The molecule has 0 N–H and O–H groups in total.